The van der Waals surface area contributed by atoms with E-state index in [1.54, 1.807) is 29.2 Å². The molecule has 0 atom stereocenters. The molecule has 9 nitrogen and oxygen atoms in total. The molecule has 5 rings (SSSR count). The van der Waals surface area contributed by atoms with Crippen molar-refractivity contribution in [3.05, 3.63) is 70.8 Å². The fraction of sp³-hybridized carbons (Fsp3) is 0.217. The van der Waals surface area contributed by atoms with Gasteiger partial charge in [0.15, 0.2) is 4.34 Å². The number of nitro benzene ring substituents is 1. The van der Waals surface area contributed by atoms with Crippen molar-refractivity contribution in [3.63, 3.8) is 0 Å². The number of non-ortho nitro benzene ring substituents is 1. The lowest BCUT2D eigenvalue weighted by atomic mass is 10.1. The Balaban J connectivity index is 1.19. The van der Waals surface area contributed by atoms with E-state index in [4.69, 9.17) is 0 Å². The average molecular weight is 529 g/mol. The molecule has 12 heteroatoms. The number of carbonyl (C=O) groups is 1. The molecular weight excluding hydrogens is 508 g/mol. The van der Waals surface area contributed by atoms with Gasteiger partial charge in [-0.05, 0) is 29.0 Å². The topological polar surface area (TPSA) is 114 Å². The molecule has 35 heavy (non-hydrogen) atoms. The molecule has 1 aromatic heterocycles. The van der Waals surface area contributed by atoms with E-state index in [0.29, 0.717) is 27.6 Å². The SMILES string of the molecule is O=C(CSc1nc2ccc([N+](=O)[O-])cc2s1)N1CCN(S(=O)(=O)c2ccc3ccccc3c2)CC1. The molecule has 0 radical (unpaired) electrons. The minimum Gasteiger partial charge on any atom is -0.339 e. The molecule has 0 aliphatic carbocycles. The Kier molecular flexibility index (Phi) is 6.45. The molecule has 0 unspecified atom stereocenters. The number of thiazole rings is 1. The first-order chi connectivity index (χ1) is 16.8. The van der Waals surface area contributed by atoms with Gasteiger partial charge in [-0.15, -0.1) is 11.3 Å². The van der Waals surface area contributed by atoms with Crippen molar-refractivity contribution in [2.45, 2.75) is 9.24 Å². The number of thioether (sulfide) groups is 1. The minimum absolute atomic E-state index is 0.00490. The predicted molar refractivity (Wildman–Crippen MR) is 136 cm³/mol. The third-order valence-corrected chi connectivity index (χ3v) is 9.87. The van der Waals surface area contributed by atoms with Gasteiger partial charge < -0.3 is 4.90 Å². The molecule has 1 aliphatic rings. The highest BCUT2D eigenvalue weighted by molar-refractivity contribution is 8.01. The van der Waals surface area contributed by atoms with Crippen LogP contribution in [0.2, 0.25) is 0 Å². The average Bonchev–Trinajstić information content (AvgIpc) is 3.29. The number of nitro groups is 1. The number of benzene rings is 3. The van der Waals surface area contributed by atoms with Gasteiger partial charge in [0.1, 0.15) is 0 Å². The van der Waals surface area contributed by atoms with Crippen LogP contribution in [0.25, 0.3) is 21.0 Å². The second-order valence-corrected chi connectivity index (χ2v) is 12.2. The number of sulfonamides is 1. The number of nitrogens with zero attached hydrogens (tertiary/aromatic N) is 4. The van der Waals surface area contributed by atoms with Crippen molar-refractivity contribution in [2.24, 2.45) is 0 Å². The van der Waals surface area contributed by atoms with E-state index in [9.17, 15) is 23.3 Å². The van der Waals surface area contributed by atoms with Crippen molar-refractivity contribution in [2.75, 3.05) is 31.9 Å². The van der Waals surface area contributed by atoms with E-state index in [1.165, 1.54) is 39.5 Å². The highest BCUT2D eigenvalue weighted by Gasteiger charge is 2.30. The van der Waals surface area contributed by atoms with Gasteiger partial charge >= 0.3 is 0 Å². The van der Waals surface area contributed by atoms with Crippen molar-refractivity contribution in [3.8, 4) is 0 Å². The lowest BCUT2D eigenvalue weighted by molar-refractivity contribution is -0.384. The highest BCUT2D eigenvalue weighted by atomic mass is 32.2. The maximum absolute atomic E-state index is 13.1. The number of hydrogen-bond donors (Lipinski definition) is 0. The summed E-state index contributed by atoms with van der Waals surface area (Å²) in [6.45, 7) is 1.10. The molecule has 1 fully saturated rings. The maximum Gasteiger partial charge on any atom is 0.270 e. The van der Waals surface area contributed by atoms with Crippen molar-refractivity contribution in [1.29, 1.82) is 0 Å². The number of piperazine rings is 1. The van der Waals surface area contributed by atoms with Gasteiger partial charge in [-0.1, -0.05) is 42.1 Å². The molecule has 1 aliphatic heterocycles. The first kappa shape index (κ1) is 23.7. The summed E-state index contributed by atoms with van der Waals surface area (Å²) < 4.78 is 29.1. The molecule has 0 bridgehead atoms. The number of carbonyl (C=O) groups excluding carboxylic acids is 1. The molecular formula is C23H20N4O5S3. The fourth-order valence-electron chi connectivity index (χ4n) is 3.94. The molecule has 0 saturated carbocycles. The quantitative estimate of drug-likeness (QED) is 0.211. The molecule has 3 aromatic carbocycles. The van der Waals surface area contributed by atoms with Crippen molar-refractivity contribution < 1.29 is 18.1 Å². The van der Waals surface area contributed by atoms with E-state index in [2.05, 4.69) is 4.98 Å². The van der Waals surface area contributed by atoms with E-state index in [-0.39, 0.29) is 35.3 Å². The number of aromatic nitrogens is 1. The Bertz CT molecular complexity index is 1550. The lowest BCUT2D eigenvalue weighted by Gasteiger charge is -2.34. The Morgan fingerprint density at radius 2 is 1.77 bits per heavy atom. The Hall–Kier alpha value is -3.06. The summed E-state index contributed by atoms with van der Waals surface area (Å²) in [4.78, 5) is 29.6. The largest absolute Gasteiger partial charge is 0.339 e. The maximum atomic E-state index is 13.1. The molecule has 1 saturated heterocycles. The lowest BCUT2D eigenvalue weighted by Crippen LogP contribution is -2.50. The monoisotopic (exact) mass is 528 g/mol. The van der Waals surface area contributed by atoms with E-state index < -0.39 is 14.9 Å². The zero-order valence-corrected chi connectivity index (χ0v) is 20.8. The van der Waals surface area contributed by atoms with Crippen LogP contribution in [0, 0.1) is 10.1 Å². The van der Waals surface area contributed by atoms with Gasteiger partial charge in [0.2, 0.25) is 15.9 Å². The first-order valence-electron chi connectivity index (χ1n) is 10.8. The summed E-state index contributed by atoms with van der Waals surface area (Å²) in [7, 11) is -3.65. The minimum atomic E-state index is -3.65. The second-order valence-electron chi connectivity index (χ2n) is 7.97. The molecule has 180 valence electrons. The predicted octanol–water partition coefficient (Wildman–Crippen LogP) is 3.98. The summed E-state index contributed by atoms with van der Waals surface area (Å²) >= 11 is 2.59. The number of amides is 1. The zero-order valence-electron chi connectivity index (χ0n) is 18.4. The van der Waals surface area contributed by atoms with Crippen LogP contribution in [0.5, 0.6) is 0 Å². The summed E-state index contributed by atoms with van der Waals surface area (Å²) in [5, 5.41) is 12.8. The molecule has 2 heterocycles. The van der Waals surface area contributed by atoms with Crippen LogP contribution in [0.4, 0.5) is 5.69 Å². The highest BCUT2D eigenvalue weighted by Crippen LogP contribution is 2.32. The van der Waals surface area contributed by atoms with E-state index >= 15 is 0 Å². The molecule has 1 amide bonds. The van der Waals surface area contributed by atoms with Gasteiger partial charge in [0.05, 0.1) is 25.8 Å². The van der Waals surface area contributed by atoms with E-state index in [0.717, 1.165) is 10.8 Å². The van der Waals surface area contributed by atoms with Crippen LogP contribution in [0.3, 0.4) is 0 Å². The Morgan fingerprint density at radius 3 is 2.51 bits per heavy atom. The third-order valence-electron chi connectivity index (χ3n) is 5.83. The molecule has 4 aromatic rings. The fourth-order valence-corrected chi connectivity index (χ4v) is 7.40. The number of fused-ring (bicyclic) bond motifs is 2. The van der Waals surface area contributed by atoms with Crippen molar-refractivity contribution >= 4 is 65.7 Å². The molecule has 0 N–H and O–H groups in total. The summed E-state index contributed by atoms with van der Waals surface area (Å²) in [6.07, 6.45) is 0. The summed E-state index contributed by atoms with van der Waals surface area (Å²) in [5.41, 5.74) is 0.661. The van der Waals surface area contributed by atoms with Crippen LogP contribution in [-0.2, 0) is 14.8 Å². The summed E-state index contributed by atoms with van der Waals surface area (Å²) in [6, 6.07) is 17.2. The Labute approximate surface area is 209 Å². The number of rotatable bonds is 6. The first-order valence-corrected chi connectivity index (χ1v) is 14.0. The van der Waals surface area contributed by atoms with Gasteiger partial charge in [0, 0.05) is 38.3 Å². The van der Waals surface area contributed by atoms with Gasteiger partial charge in [-0.2, -0.15) is 4.31 Å². The van der Waals surface area contributed by atoms with Crippen LogP contribution >= 0.6 is 23.1 Å². The number of hydrogen-bond acceptors (Lipinski definition) is 8. The van der Waals surface area contributed by atoms with Gasteiger partial charge in [-0.3, -0.25) is 14.9 Å². The normalized spacial score (nSPS) is 15.0. The standard InChI is InChI=1S/C23H20N4O5S3/c28-22(15-33-23-24-20-8-6-18(27(29)30)14-21(20)34-23)25-9-11-26(12-10-25)35(31,32)19-7-5-16-3-1-2-4-17(16)13-19/h1-8,13-14H,9-12,15H2. The van der Waals surface area contributed by atoms with Gasteiger partial charge in [-0.25, -0.2) is 13.4 Å². The van der Waals surface area contributed by atoms with Crippen molar-refractivity contribution in [1.82, 2.24) is 14.2 Å². The third kappa shape index (κ3) is 4.87. The van der Waals surface area contributed by atoms with Crippen LogP contribution in [0.15, 0.2) is 69.9 Å². The summed E-state index contributed by atoms with van der Waals surface area (Å²) in [5.74, 6) is 0.0716. The Morgan fingerprint density at radius 1 is 1.03 bits per heavy atom. The van der Waals surface area contributed by atoms with Crippen LogP contribution < -0.4 is 0 Å². The van der Waals surface area contributed by atoms with Crippen LogP contribution in [-0.4, -0.2) is 65.4 Å². The smallest absolute Gasteiger partial charge is 0.270 e. The van der Waals surface area contributed by atoms with Crippen LogP contribution in [0.1, 0.15) is 0 Å². The zero-order chi connectivity index (χ0) is 24.6. The van der Waals surface area contributed by atoms with E-state index in [1.807, 2.05) is 24.3 Å². The molecule has 0 spiro atoms. The second kappa shape index (κ2) is 9.53. The van der Waals surface area contributed by atoms with Gasteiger partial charge in [0.25, 0.3) is 5.69 Å².